The van der Waals surface area contributed by atoms with Crippen LogP contribution in [-0.4, -0.2) is 34.4 Å². The minimum absolute atomic E-state index is 0.342. The van der Waals surface area contributed by atoms with E-state index in [1.165, 1.54) is 0 Å². The Morgan fingerprint density at radius 1 is 1.59 bits per heavy atom. The molecule has 1 aromatic rings. The van der Waals surface area contributed by atoms with Crippen molar-refractivity contribution in [3.8, 4) is 0 Å². The van der Waals surface area contributed by atoms with Crippen LogP contribution in [0.1, 0.15) is 31.6 Å². The monoisotopic (exact) mass is 260 g/mol. The van der Waals surface area contributed by atoms with E-state index in [4.69, 9.17) is 21.1 Å². The lowest BCUT2D eigenvalue weighted by molar-refractivity contribution is -0.0719. The Hall–Kier alpha value is -0.620. The second-order valence-electron chi connectivity index (χ2n) is 4.02. The smallest absolute Gasteiger partial charge is 0.160 e. The van der Waals surface area contributed by atoms with E-state index in [0.717, 1.165) is 13.0 Å². The van der Waals surface area contributed by atoms with Gasteiger partial charge in [-0.15, -0.1) is 0 Å². The average molecular weight is 261 g/mol. The van der Waals surface area contributed by atoms with Crippen LogP contribution >= 0.6 is 11.6 Å². The van der Waals surface area contributed by atoms with Crippen molar-refractivity contribution in [2.45, 2.75) is 38.7 Å². The second-order valence-corrected chi connectivity index (χ2v) is 4.43. The van der Waals surface area contributed by atoms with Crippen LogP contribution in [0.5, 0.6) is 0 Å². The highest BCUT2D eigenvalue weighted by Gasteiger charge is 2.25. The molecule has 1 aromatic heterocycles. The number of aryl methyl sites for hydroxylation is 1. The van der Waals surface area contributed by atoms with Crippen molar-refractivity contribution in [3.05, 3.63) is 16.9 Å². The normalized spacial score (nSPS) is 18.8. The fourth-order valence-corrected chi connectivity index (χ4v) is 2.20. The molecule has 0 aliphatic carbocycles. The fraction of sp³-hybridized carbons (Fsp3) is 0.727. The van der Waals surface area contributed by atoms with Crippen LogP contribution in [0.25, 0.3) is 0 Å². The van der Waals surface area contributed by atoms with Crippen molar-refractivity contribution >= 4 is 11.6 Å². The number of hydrogen-bond donors (Lipinski definition) is 1. The summed E-state index contributed by atoms with van der Waals surface area (Å²) >= 11 is 6.04. The van der Waals surface area contributed by atoms with E-state index in [1.54, 1.807) is 10.9 Å². The van der Waals surface area contributed by atoms with Gasteiger partial charge in [-0.3, -0.25) is 4.68 Å². The molecule has 1 fully saturated rings. The Bertz CT molecular complexity index is 364. The molecule has 0 aromatic carbocycles. The Balaban J connectivity index is 2.05. The average Bonchev–Trinajstić information content (AvgIpc) is 2.89. The first kappa shape index (κ1) is 12.8. The topological polar surface area (TPSA) is 56.5 Å². The molecular formula is C11H17ClN2O3. The molecule has 0 spiro atoms. The van der Waals surface area contributed by atoms with Crippen LogP contribution in [0.4, 0.5) is 0 Å². The molecule has 0 radical (unpaired) electrons. The minimum atomic E-state index is -0.709. The van der Waals surface area contributed by atoms with E-state index in [0.29, 0.717) is 30.4 Å². The van der Waals surface area contributed by atoms with Crippen molar-refractivity contribution in [2.24, 2.45) is 0 Å². The van der Waals surface area contributed by atoms with Gasteiger partial charge in [0.1, 0.15) is 6.10 Å². The van der Waals surface area contributed by atoms with Crippen LogP contribution in [0, 0.1) is 0 Å². The molecule has 2 heterocycles. The van der Waals surface area contributed by atoms with Gasteiger partial charge in [0, 0.05) is 13.0 Å². The van der Waals surface area contributed by atoms with Gasteiger partial charge < -0.3 is 14.6 Å². The number of hydrogen-bond acceptors (Lipinski definition) is 4. The van der Waals surface area contributed by atoms with Crippen LogP contribution in [0.2, 0.25) is 5.02 Å². The van der Waals surface area contributed by atoms with E-state index >= 15 is 0 Å². The maximum Gasteiger partial charge on any atom is 0.160 e. The van der Waals surface area contributed by atoms with Crippen molar-refractivity contribution in [1.82, 2.24) is 9.78 Å². The zero-order valence-corrected chi connectivity index (χ0v) is 10.6. The number of nitrogens with zero attached hydrogens (tertiary/aromatic N) is 2. The van der Waals surface area contributed by atoms with Gasteiger partial charge in [0.25, 0.3) is 0 Å². The van der Waals surface area contributed by atoms with E-state index in [-0.39, 0.29) is 6.29 Å². The first-order chi connectivity index (χ1) is 8.22. The molecule has 1 atom stereocenters. The Morgan fingerprint density at radius 2 is 2.29 bits per heavy atom. The molecule has 6 heteroatoms. The van der Waals surface area contributed by atoms with E-state index in [9.17, 15) is 5.11 Å². The second kappa shape index (κ2) is 5.82. The number of aliphatic hydroxyl groups is 1. The van der Waals surface area contributed by atoms with Gasteiger partial charge in [0.2, 0.25) is 0 Å². The largest absolute Gasteiger partial charge is 0.387 e. The lowest BCUT2D eigenvalue weighted by Crippen LogP contribution is -2.16. The van der Waals surface area contributed by atoms with E-state index < -0.39 is 6.10 Å². The van der Waals surface area contributed by atoms with Crippen LogP contribution in [0.15, 0.2) is 6.20 Å². The molecule has 0 saturated carbocycles. The highest BCUT2D eigenvalue weighted by molar-refractivity contribution is 6.31. The molecule has 0 amide bonds. The number of ether oxygens (including phenoxy) is 2. The number of rotatable bonds is 5. The van der Waals surface area contributed by atoms with Gasteiger partial charge in [0.05, 0.1) is 30.1 Å². The van der Waals surface area contributed by atoms with E-state index in [1.807, 2.05) is 0 Å². The van der Waals surface area contributed by atoms with Gasteiger partial charge in [0.15, 0.2) is 6.29 Å². The molecule has 1 N–H and O–H groups in total. The SMILES string of the molecule is CCCn1ncc(Cl)c1C(O)CC1OCCO1. The van der Waals surface area contributed by atoms with Gasteiger partial charge in [-0.25, -0.2) is 0 Å². The van der Waals surface area contributed by atoms with Crippen molar-refractivity contribution in [3.63, 3.8) is 0 Å². The Morgan fingerprint density at radius 3 is 2.94 bits per heavy atom. The summed E-state index contributed by atoms with van der Waals surface area (Å²) < 4.78 is 12.4. The predicted molar refractivity (Wildman–Crippen MR) is 62.8 cm³/mol. The number of aliphatic hydroxyl groups excluding tert-OH is 1. The lowest BCUT2D eigenvalue weighted by atomic mass is 10.2. The zero-order valence-electron chi connectivity index (χ0n) is 9.80. The van der Waals surface area contributed by atoms with Crippen molar-refractivity contribution in [1.29, 1.82) is 0 Å². The molecule has 0 bridgehead atoms. The molecule has 2 rings (SSSR count). The molecule has 1 aliphatic heterocycles. The Labute approximate surface area is 105 Å². The summed E-state index contributed by atoms with van der Waals surface area (Å²) in [6.45, 7) is 3.96. The molecule has 1 unspecified atom stereocenters. The molecule has 5 nitrogen and oxygen atoms in total. The number of halogens is 1. The summed E-state index contributed by atoms with van der Waals surface area (Å²) in [7, 11) is 0. The molecule has 1 aliphatic rings. The first-order valence-corrected chi connectivity index (χ1v) is 6.22. The molecular weight excluding hydrogens is 244 g/mol. The summed E-state index contributed by atoms with van der Waals surface area (Å²) in [4.78, 5) is 0. The minimum Gasteiger partial charge on any atom is -0.387 e. The summed E-state index contributed by atoms with van der Waals surface area (Å²) in [5.74, 6) is 0. The predicted octanol–water partition coefficient (Wildman–Crippen LogP) is 1.74. The van der Waals surface area contributed by atoms with Crippen molar-refractivity contribution < 1.29 is 14.6 Å². The van der Waals surface area contributed by atoms with Gasteiger partial charge in [-0.2, -0.15) is 5.10 Å². The third-order valence-electron chi connectivity index (χ3n) is 2.69. The first-order valence-electron chi connectivity index (χ1n) is 5.84. The lowest BCUT2D eigenvalue weighted by Gasteiger charge is -2.16. The van der Waals surface area contributed by atoms with Crippen molar-refractivity contribution in [2.75, 3.05) is 13.2 Å². The third kappa shape index (κ3) is 2.98. The van der Waals surface area contributed by atoms with E-state index in [2.05, 4.69) is 12.0 Å². The Kier molecular flexibility index (Phi) is 4.39. The van der Waals surface area contributed by atoms with Crippen LogP contribution in [0.3, 0.4) is 0 Å². The fourth-order valence-electron chi connectivity index (χ4n) is 1.93. The maximum atomic E-state index is 10.2. The zero-order chi connectivity index (χ0) is 12.3. The summed E-state index contributed by atoms with van der Waals surface area (Å²) in [5.41, 5.74) is 0.646. The maximum absolute atomic E-state index is 10.2. The van der Waals surface area contributed by atoms with Gasteiger partial charge in [-0.05, 0) is 6.42 Å². The van der Waals surface area contributed by atoms with Gasteiger partial charge in [-0.1, -0.05) is 18.5 Å². The summed E-state index contributed by atoms with van der Waals surface area (Å²) in [6, 6.07) is 0. The number of aromatic nitrogens is 2. The molecule has 1 saturated heterocycles. The molecule has 96 valence electrons. The third-order valence-corrected chi connectivity index (χ3v) is 2.98. The molecule has 17 heavy (non-hydrogen) atoms. The van der Waals surface area contributed by atoms with Gasteiger partial charge >= 0.3 is 0 Å². The quantitative estimate of drug-likeness (QED) is 0.876. The summed E-state index contributed by atoms with van der Waals surface area (Å²) in [6.07, 6.45) is 1.83. The highest BCUT2D eigenvalue weighted by Crippen LogP contribution is 2.28. The van der Waals surface area contributed by atoms with Crippen LogP contribution < -0.4 is 0 Å². The van der Waals surface area contributed by atoms with Crippen LogP contribution in [-0.2, 0) is 16.0 Å². The standard InChI is InChI=1S/C11H17ClN2O3/c1-2-3-14-11(8(12)7-13-14)9(15)6-10-16-4-5-17-10/h7,9-10,15H,2-6H2,1H3. The summed E-state index contributed by atoms with van der Waals surface area (Å²) in [5, 5.41) is 14.8. The highest BCUT2D eigenvalue weighted by atomic mass is 35.5.